The van der Waals surface area contributed by atoms with Gasteiger partial charge in [-0.15, -0.1) is 0 Å². The minimum Gasteiger partial charge on any atom is -0.481 e. The summed E-state index contributed by atoms with van der Waals surface area (Å²) in [5, 5.41) is 10.5. The molecule has 1 N–H and O–H groups in total. The maximum Gasteiger partial charge on any atom is 0.309 e. The minimum atomic E-state index is -0.510. The molecule has 0 aromatic heterocycles. The van der Waals surface area contributed by atoms with Gasteiger partial charge in [-0.05, 0) is 128 Å². The topological polar surface area (TPSA) is 37.3 Å². The second-order valence-electron chi connectivity index (χ2n) is 14.9. The Bertz CT molecular complexity index is 857. The Hall–Kier alpha value is -0.790. The molecule has 0 amide bonds. The van der Waals surface area contributed by atoms with Crippen LogP contribution >= 0.6 is 0 Å². The molecule has 5 aliphatic carbocycles. The van der Waals surface area contributed by atoms with Crippen LogP contribution in [-0.2, 0) is 4.79 Å². The molecule has 0 saturated heterocycles. The van der Waals surface area contributed by atoms with Gasteiger partial charge in [0.05, 0.1) is 5.41 Å². The van der Waals surface area contributed by atoms with Crippen molar-refractivity contribution in [2.24, 2.45) is 62.6 Å². The summed E-state index contributed by atoms with van der Waals surface area (Å²) in [6, 6.07) is 0. The molecule has 0 aromatic carbocycles. The lowest BCUT2D eigenvalue weighted by Crippen LogP contribution is -2.66. The van der Waals surface area contributed by atoms with E-state index in [0.29, 0.717) is 28.1 Å². The van der Waals surface area contributed by atoms with Crippen molar-refractivity contribution in [3.05, 3.63) is 12.2 Å². The molecule has 186 valence electrons. The fourth-order valence-corrected chi connectivity index (χ4v) is 11.7. The zero-order chi connectivity index (χ0) is 24.2. The largest absolute Gasteiger partial charge is 0.481 e. The molecule has 3 unspecified atom stereocenters. The molecule has 0 heterocycles. The summed E-state index contributed by atoms with van der Waals surface area (Å²) >= 11 is 0. The van der Waals surface area contributed by atoms with Crippen molar-refractivity contribution < 1.29 is 9.90 Å². The van der Waals surface area contributed by atoms with Gasteiger partial charge in [-0.3, -0.25) is 4.79 Å². The number of hydrogen-bond acceptors (Lipinski definition) is 1. The van der Waals surface area contributed by atoms with E-state index in [2.05, 4.69) is 55.0 Å². The number of allylic oxidation sites excluding steroid dienone is 1. The summed E-state index contributed by atoms with van der Waals surface area (Å²) in [6.45, 7) is 22.1. The van der Waals surface area contributed by atoms with Crippen molar-refractivity contribution in [1.29, 1.82) is 0 Å². The SMILES string of the molecule is C=C(C)[C@@H]1CC[C@]2(C(=O)O)CC[C@]3(C)[C@H](CC[C@@H]4[C@@]5(C)CCC(C)C(C)(C)C5CC[C@]43C)C12. The van der Waals surface area contributed by atoms with Crippen molar-refractivity contribution in [3.8, 4) is 0 Å². The van der Waals surface area contributed by atoms with E-state index in [1.54, 1.807) is 0 Å². The maximum absolute atomic E-state index is 12.8. The first-order chi connectivity index (χ1) is 15.3. The Morgan fingerprint density at radius 3 is 2.15 bits per heavy atom. The Morgan fingerprint density at radius 2 is 1.52 bits per heavy atom. The first-order valence-corrected chi connectivity index (χ1v) is 14.1. The van der Waals surface area contributed by atoms with Gasteiger partial charge < -0.3 is 5.11 Å². The van der Waals surface area contributed by atoms with Crippen molar-refractivity contribution in [2.75, 3.05) is 0 Å². The number of fused-ring (bicyclic) bond motifs is 7. The fraction of sp³-hybridized carbons (Fsp3) is 0.903. The van der Waals surface area contributed by atoms with Gasteiger partial charge in [0.2, 0.25) is 0 Å². The summed E-state index contributed by atoms with van der Waals surface area (Å²) in [6.07, 6.45) is 11.9. The smallest absolute Gasteiger partial charge is 0.309 e. The zero-order valence-corrected chi connectivity index (χ0v) is 22.6. The van der Waals surface area contributed by atoms with Crippen LogP contribution in [0.25, 0.3) is 0 Å². The second-order valence-corrected chi connectivity index (χ2v) is 14.9. The summed E-state index contributed by atoms with van der Waals surface area (Å²) in [5.41, 5.74) is 2.16. The monoisotopic (exact) mass is 454 g/mol. The van der Waals surface area contributed by atoms with Crippen LogP contribution in [0.4, 0.5) is 0 Å². The Morgan fingerprint density at radius 1 is 0.818 bits per heavy atom. The average Bonchev–Trinajstić information content (AvgIpc) is 3.13. The number of carbonyl (C=O) groups is 1. The van der Waals surface area contributed by atoms with Crippen LogP contribution in [0.3, 0.4) is 0 Å². The van der Waals surface area contributed by atoms with Crippen molar-refractivity contribution in [1.82, 2.24) is 0 Å². The molecule has 0 radical (unpaired) electrons. The maximum atomic E-state index is 12.8. The minimum absolute atomic E-state index is 0.249. The molecule has 2 nitrogen and oxygen atoms in total. The van der Waals surface area contributed by atoms with E-state index in [-0.39, 0.29) is 11.3 Å². The summed E-state index contributed by atoms with van der Waals surface area (Å²) in [5.74, 6) is 3.12. The highest BCUT2D eigenvalue weighted by Crippen LogP contribution is 2.77. The third kappa shape index (κ3) is 2.76. The highest BCUT2D eigenvalue weighted by Gasteiger charge is 2.71. The van der Waals surface area contributed by atoms with E-state index in [0.717, 1.165) is 43.4 Å². The van der Waals surface area contributed by atoms with Gasteiger partial charge >= 0.3 is 5.97 Å². The fourth-order valence-electron chi connectivity index (χ4n) is 11.7. The van der Waals surface area contributed by atoms with Crippen molar-refractivity contribution in [3.63, 3.8) is 0 Å². The zero-order valence-electron chi connectivity index (χ0n) is 22.6. The van der Waals surface area contributed by atoms with Gasteiger partial charge in [-0.25, -0.2) is 0 Å². The van der Waals surface area contributed by atoms with Gasteiger partial charge in [0.1, 0.15) is 0 Å². The lowest BCUT2D eigenvalue weighted by Gasteiger charge is -2.73. The lowest BCUT2D eigenvalue weighted by molar-refractivity contribution is -0.242. The number of rotatable bonds is 2. The van der Waals surface area contributed by atoms with Crippen LogP contribution in [0.2, 0.25) is 0 Å². The van der Waals surface area contributed by atoms with Crippen molar-refractivity contribution in [2.45, 2.75) is 113 Å². The molecule has 0 aromatic rings. The van der Waals surface area contributed by atoms with E-state index >= 15 is 0 Å². The predicted molar refractivity (Wildman–Crippen MR) is 136 cm³/mol. The van der Waals surface area contributed by atoms with Gasteiger partial charge in [0.25, 0.3) is 0 Å². The number of aliphatic carboxylic acids is 1. The molecule has 5 fully saturated rings. The average molecular weight is 455 g/mol. The molecule has 0 spiro atoms. The van der Waals surface area contributed by atoms with Crippen molar-refractivity contribution >= 4 is 5.97 Å². The van der Waals surface area contributed by atoms with E-state index in [1.807, 2.05) is 0 Å². The normalized spacial score (nSPS) is 55.0. The highest BCUT2D eigenvalue weighted by atomic mass is 16.4. The first kappa shape index (κ1) is 23.9. The number of carboxylic acid groups (broad SMARTS) is 1. The first-order valence-electron chi connectivity index (χ1n) is 14.1. The van der Waals surface area contributed by atoms with Gasteiger partial charge in [0.15, 0.2) is 0 Å². The van der Waals surface area contributed by atoms with Crippen LogP contribution < -0.4 is 0 Å². The molecule has 2 heteroatoms. The molecule has 0 aliphatic heterocycles. The molecule has 5 rings (SSSR count). The second kappa shape index (κ2) is 7.13. The Labute approximate surface area is 203 Å². The molecule has 33 heavy (non-hydrogen) atoms. The Balaban J connectivity index is 1.57. The highest BCUT2D eigenvalue weighted by molar-refractivity contribution is 5.76. The Kier molecular flexibility index (Phi) is 5.17. The van der Waals surface area contributed by atoms with E-state index in [9.17, 15) is 9.90 Å². The van der Waals surface area contributed by atoms with Crippen LogP contribution in [0.1, 0.15) is 113 Å². The summed E-state index contributed by atoms with van der Waals surface area (Å²) in [4.78, 5) is 12.8. The third-order valence-corrected chi connectivity index (χ3v) is 14.0. The molecular formula is C31H50O2. The van der Waals surface area contributed by atoms with Gasteiger partial charge in [0, 0.05) is 0 Å². The van der Waals surface area contributed by atoms with E-state index in [1.165, 1.54) is 44.1 Å². The standard InChI is InChI=1S/C31H50O2/c1-19(2)21-12-16-31(26(32)33)18-17-29(7)22(25(21)31)9-10-24-28(6)14-11-20(3)27(4,5)23(28)13-15-30(24,29)8/h20-25H,1,9-18H2,2-8H3,(H,32,33)/t20?,21-,22+,23?,24+,25?,28-,29+,30+,31-/m0/s1. The van der Waals surface area contributed by atoms with E-state index < -0.39 is 11.4 Å². The summed E-state index contributed by atoms with van der Waals surface area (Å²) < 4.78 is 0. The lowest BCUT2D eigenvalue weighted by atomic mass is 9.32. The molecular weight excluding hydrogens is 404 g/mol. The quantitative estimate of drug-likeness (QED) is 0.425. The summed E-state index contributed by atoms with van der Waals surface area (Å²) in [7, 11) is 0. The molecule has 5 aliphatic rings. The molecule has 10 atom stereocenters. The molecule has 5 saturated carbocycles. The third-order valence-electron chi connectivity index (χ3n) is 14.0. The van der Waals surface area contributed by atoms with E-state index in [4.69, 9.17) is 0 Å². The van der Waals surface area contributed by atoms with Gasteiger partial charge in [-0.2, -0.15) is 0 Å². The molecule has 0 bridgehead atoms. The van der Waals surface area contributed by atoms with Crippen LogP contribution in [-0.4, -0.2) is 11.1 Å². The number of carboxylic acids is 1. The van der Waals surface area contributed by atoms with Crippen LogP contribution in [0, 0.1) is 62.6 Å². The van der Waals surface area contributed by atoms with Crippen LogP contribution in [0.5, 0.6) is 0 Å². The number of hydrogen-bond donors (Lipinski definition) is 1. The van der Waals surface area contributed by atoms with Crippen LogP contribution in [0.15, 0.2) is 12.2 Å². The predicted octanol–water partition coefficient (Wildman–Crippen LogP) is 8.36. The van der Waals surface area contributed by atoms with Gasteiger partial charge in [-0.1, -0.05) is 53.7 Å².